The Labute approximate surface area is 131 Å². The third-order valence-corrected chi connectivity index (χ3v) is 5.26. The fourth-order valence-electron chi connectivity index (χ4n) is 2.71. The lowest BCUT2D eigenvalue weighted by atomic mass is 9.92. The van der Waals surface area contributed by atoms with Gasteiger partial charge in [-0.2, -0.15) is 0 Å². The van der Waals surface area contributed by atoms with Gasteiger partial charge in [0, 0.05) is 27.4 Å². The molecule has 1 aliphatic heterocycles. The molecule has 0 spiro atoms. The molecule has 5 nitrogen and oxygen atoms in total. The second kappa shape index (κ2) is 5.62. The molecule has 0 saturated carbocycles. The maximum Gasteiger partial charge on any atom is 0.272 e. The first-order valence-electron chi connectivity index (χ1n) is 6.90. The maximum atomic E-state index is 10.9. The summed E-state index contributed by atoms with van der Waals surface area (Å²) in [4.78, 5) is 12.2. The van der Waals surface area contributed by atoms with Gasteiger partial charge in [-0.25, -0.2) is 0 Å². The number of fused-ring (bicyclic) bond motifs is 1. The van der Waals surface area contributed by atoms with Crippen LogP contribution in [-0.4, -0.2) is 21.2 Å². The van der Waals surface area contributed by atoms with Gasteiger partial charge in [0.2, 0.25) is 0 Å². The second-order valence-corrected chi connectivity index (χ2v) is 6.45. The molecule has 1 aliphatic carbocycles. The van der Waals surface area contributed by atoms with Crippen LogP contribution < -0.4 is 0 Å². The van der Waals surface area contributed by atoms with Gasteiger partial charge in [0.25, 0.3) is 5.69 Å². The number of allylic oxidation sites excluding steroid dienone is 2. The monoisotopic (exact) mass is 317 g/mol. The molecular formula is C16H15NO4S. The first-order valence-corrected chi connectivity index (χ1v) is 7.72. The molecule has 6 heteroatoms. The molecule has 2 atom stereocenters. The van der Waals surface area contributed by atoms with Crippen LogP contribution in [0.3, 0.4) is 0 Å². The molecule has 0 bridgehead atoms. The quantitative estimate of drug-likeness (QED) is 0.642. The predicted octanol–water partition coefficient (Wildman–Crippen LogP) is 3.70. The first-order chi connectivity index (χ1) is 10.5. The summed E-state index contributed by atoms with van der Waals surface area (Å²) in [6.07, 6.45) is 5.17. The first kappa shape index (κ1) is 14.9. The van der Waals surface area contributed by atoms with Gasteiger partial charge in [-0.15, -0.1) is 0 Å². The van der Waals surface area contributed by atoms with Gasteiger partial charge >= 0.3 is 0 Å². The molecule has 1 aromatic rings. The predicted molar refractivity (Wildman–Crippen MR) is 86.3 cm³/mol. The van der Waals surface area contributed by atoms with Crippen LogP contribution in [-0.2, 0) is 0 Å². The van der Waals surface area contributed by atoms with Gasteiger partial charge in [-0.1, -0.05) is 23.9 Å². The Kier molecular flexibility index (Phi) is 3.80. The van der Waals surface area contributed by atoms with Crippen LogP contribution in [0.2, 0.25) is 0 Å². The number of thioether (sulfide) groups is 1. The molecule has 0 aromatic heterocycles. The van der Waals surface area contributed by atoms with Crippen LogP contribution in [0.5, 0.6) is 0 Å². The summed E-state index contributed by atoms with van der Waals surface area (Å²) in [6.45, 7) is 1.71. The summed E-state index contributed by atoms with van der Waals surface area (Å²) >= 11 is 1.41. The highest BCUT2D eigenvalue weighted by Gasteiger charge is 2.31. The number of aliphatic hydroxyl groups excluding tert-OH is 2. The van der Waals surface area contributed by atoms with Crippen molar-refractivity contribution >= 4 is 22.4 Å². The molecule has 22 heavy (non-hydrogen) atoms. The second-order valence-electron chi connectivity index (χ2n) is 5.37. The summed E-state index contributed by atoms with van der Waals surface area (Å²) in [7, 11) is 0. The van der Waals surface area contributed by atoms with Crippen LogP contribution in [0.1, 0.15) is 17.5 Å². The van der Waals surface area contributed by atoms with Crippen molar-refractivity contribution in [3.63, 3.8) is 0 Å². The van der Waals surface area contributed by atoms with E-state index >= 15 is 0 Å². The summed E-state index contributed by atoms with van der Waals surface area (Å²) in [6, 6.07) is 5.00. The lowest BCUT2D eigenvalue weighted by Gasteiger charge is -2.30. The highest BCUT2D eigenvalue weighted by Crippen LogP contribution is 2.47. The van der Waals surface area contributed by atoms with E-state index in [1.54, 1.807) is 25.1 Å². The Morgan fingerprint density at radius 2 is 2.18 bits per heavy atom. The van der Waals surface area contributed by atoms with Crippen molar-refractivity contribution in [1.82, 2.24) is 0 Å². The van der Waals surface area contributed by atoms with Gasteiger partial charge in [0.15, 0.2) is 0 Å². The average molecular weight is 317 g/mol. The molecule has 1 heterocycles. The van der Waals surface area contributed by atoms with E-state index in [1.807, 2.05) is 6.08 Å². The fraction of sp³-hybridized carbons (Fsp3) is 0.250. The number of hydrogen-bond donors (Lipinski definition) is 2. The number of nitro groups is 1. The van der Waals surface area contributed by atoms with Crippen LogP contribution in [0, 0.1) is 23.0 Å². The third kappa shape index (κ3) is 2.55. The van der Waals surface area contributed by atoms with E-state index in [4.69, 9.17) is 0 Å². The Morgan fingerprint density at radius 1 is 1.41 bits per heavy atom. The minimum atomic E-state index is -0.588. The maximum absolute atomic E-state index is 10.9. The summed E-state index contributed by atoms with van der Waals surface area (Å²) in [5.41, 5.74) is 1.59. The smallest absolute Gasteiger partial charge is 0.272 e. The number of nitrogens with zero attached hydrogens (tertiary/aromatic N) is 1. The molecule has 0 fully saturated rings. The number of nitro benzene ring substituents is 1. The van der Waals surface area contributed by atoms with Crippen molar-refractivity contribution in [3.8, 4) is 0 Å². The van der Waals surface area contributed by atoms with Crippen LogP contribution >= 0.6 is 11.8 Å². The third-order valence-electron chi connectivity index (χ3n) is 3.91. The van der Waals surface area contributed by atoms with E-state index in [0.717, 1.165) is 15.4 Å². The van der Waals surface area contributed by atoms with Gasteiger partial charge in [-0.3, -0.25) is 10.1 Å². The van der Waals surface area contributed by atoms with Crippen molar-refractivity contribution in [3.05, 3.63) is 68.3 Å². The van der Waals surface area contributed by atoms with Crippen molar-refractivity contribution in [2.45, 2.75) is 19.4 Å². The van der Waals surface area contributed by atoms with E-state index in [1.165, 1.54) is 23.9 Å². The normalized spacial score (nSPS) is 24.0. The van der Waals surface area contributed by atoms with Gasteiger partial charge in [0.05, 0.1) is 11.0 Å². The molecule has 0 saturated heterocycles. The minimum Gasteiger partial charge on any atom is -0.507 e. The molecule has 0 radical (unpaired) electrons. The molecule has 3 rings (SSSR count). The zero-order valence-corrected chi connectivity index (χ0v) is 12.7. The number of hydrogen-bond acceptors (Lipinski definition) is 5. The summed E-state index contributed by atoms with van der Waals surface area (Å²) in [5.74, 6) is 0.0717. The SMILES string of the molecule is Cc1cc(C2=CCC3C(=C(O)C=CC3O)S2)ccc1[N+](=O)[O-]. The molecule has 1 aromatic carbocycles. The van der Waals surface area contributed by atoms with Crippen molar-refractivity contribution in [2.75, 3.05) is 0 Å². The zero-order valence-electron chi connectivity index (χ0n) is 11.9. The Morgan fingerprint density at radius 3 is 2.86 bits per heavy atom. The molecule has 114 valence electrons. The summed E-state index contributed by atoms with van der Waals surface area (Å²) in [5, 5.41) is 30.9. The van der Waals surface area contributed by atoms with E-state index in [0.29, 0.717) is 12.0 Å². The van der Waals surface area contributed by atoms with Crippen molar-refractivity contribution < 1.29 is 15.1 Å². The largest absolute Gasteiger partial charge is 0.507 e. The molecule has 0 amide bonds. The number of aliphatic hydroxyl groups is 2. The highest BCUT2D eigenvalue weighted by molar-refractivity contribution is 8.11. The average Bonchev–Trinajstić information content (AvgIpc) is 2.50. The highest BCUT2D eigenvalue weighted by atomic mass is 32.2. The zero-order chi connectivity index (χ0) is 15.9. The minimum absolute atomic E-state index is 0.0983. The van der Waals surface area contributed by atoms with Gasteiger partial charge in [0.1, 0.15) is 5.76 Å². The van der Waals surface area contributed by atoms with Crippen molar-refractivity contribution in [1.29, 1.82) is 0 Å². The standard InChI is InChI=1S/C16H15NO4S/c1-9-8-10(2-4-12(9)17(20)21)15-7-3-11-13(18)5-6-14(19)16(11)22-15/h2,4-8,11,13,18-19H,3H2,1H3. The lowest BCUT2D eigenvalue weighted by Crippen LogP contribution is -2.24. The number of benzene rings is 1. The van der Waals surface area contributed by atoms with Crippen molar-refractivity contribution in [2.24, 2.45) is 5.92 Å². The lowest BCUT2D eigenvalue weighted by molar-refractivity contribution is -0.385. The molecule has 2 unspecified atom stereocenters. The fourth-order valence-corrected chi connectivity index (χ4v) is 3.93. The van der Waals surface area contributed by atoms with Crippen LogP contribution in [0.4, 0.5) is 5.69 Å². The van der Waals surface area contributed by atoms with E-state index in [-0.39, 0.29) is 17.4 Å². The Bertz CT molecular complexity index is 736. The number of aryl methyl sites for hydroxylation is 1. The van der Waals surface area contributed by atoms with E-state index in [9.17, 15) is 20.3 Å². The van der Waals surface area contributed by atoms with Crippen LogP contribution in [0.25, 0.3) is 4.91 Å². The van der Waals surface area contributed by atoms with Gasteiger partial charge < -0.3 is 10.2 Å². The van der Waals surface area contributed by atoms with E-state index in [2.05, 4.69) is 0 Å². The summed E-state index contributed by atoms with van der Waals surface area (Å²) < 4.78 is 0. The number of rotatable bonds is 2. The molecule has 2 N–H and O–H groups in total. The molecular weight excluding hydrogens is 302 g/mol. The topological polar surface area (TPSA) is 83.6 Å². The Balaban J connectivity index is 1.94. The van der Waals surface area contributed by atoms with Crippen LogP contribution in [0.15, 0.2) is 47.1 Å². The Hall–Kier alpha value is -2.05. The molecule has 2 aliphatic rings. The van der Waals surface area contributed by atoms with Gasteiger partial charge in [-0.05, 0) is 37.1 Å². The van der Waals surface area contributed by atoms with E-state index < -0.39 is 11.0 Å².